The molecule has 1 aliphatic rings. The van der Waals surface area contributed by atoms with Crippen molar-refractivity contribution >= 4 is 0 Å². The van der Waals surface area contributed by atoms with Crippen LogP contribution in [0.25, 0.3) is 0 Å². The smallest absolute Gasteiger partial charge is 0.119 e. The molecule has 0 atom stereocenters. The summed E-state index contributed by atoms with van der Waals surface area (Å²) in [4.78, 5) is 1.84. The molecule has 2 rings (SSSR count). The zero-order chi connectivity index (χ0) is 14.9. The average Bonchev–Trinajstić information content (AvgIpc) is 2.46. The summed E-state index contributed by atoms with van der Waals surface area (Å²) in [5.74, 6) is 1.03. The van der Waals surface area contributed by atoms with E-state index in [0.717, 1.165) is 12.4 Å². The molecule has 1 fully saturated rings. The van der Waals surface area contributed by atoms with Crippen LogP contribution in [0.5, 0.6) is 5.75 Å². The molecule has 0 radical (unpaired) electrons. The van der Waals surface area contributed by atoms with Gasteiger partial charge in [-0.15, -0.1) is 0 Å². The molecule has 0 aromatic heterocycles. The number of rotatable bonds is 8. The summed E-state index contributed by atoms with van der Waals surface area (Å²) < 4.78 is 5.86. The summed E-state index contributed by atoms with van der Waals surface area (Å²) in [7, 11) is 0. The fourth-order valence-electron chi connectivity index (χ4n) is 3.34. The molecule has 21 heavy (non-hydrogen) atoms. The first kappa shape index (κ1) is 16.4. The van der Waals surface area contributed by atoms with Gasteiger partial charge in [-0.25, -0.2) is 0 Å². The van der Waals surface area contributed by atoms with E-state index in [4.69, 9.17) is 4.74 Å². The second-order valence-electron chi connectivity index (χ2n) is 6.65. The lowest BCUT2D eigenvalue weighted by atomic mass is 10.1. The number of benzene rings is 1. The normalized spacial score (nSPS) is 16.1. The Morgan fingerprint density at radius 3 is 2.24 bits per heavy atom. The van der Waals surface area contributed by atoms with Crippen molar-refractivity contribution in [3.8, 4) is 5.75 Å². The van der Waals surface area contributed by atoms with Crippen LogP contribution < -0.4 is 9.64 Å². The van der Waals surface area contributed by atoms with Crippen LogP contribution in [-0.2, 0) is 0 Å². The molecule has 118 valence electrons. The SMILES string of the molecule is Cc1cc(C)cc(OCCCCCC[NH+]2CCCCC2)c1. The van der Waals surface area contributed by atoms with Gasteiger partial charge < -0.3 is 9.64 Å². The molecule has 0 unspecified atom stereocenters. The fourth-order valence-corrected chi connectivity index (χ4v) is 3.34. The largest absolute Gasteiger partial charge is 0.494 e. The van der Waals surface area contributed by atoms with Crippen LogP contribution in [0.2, 0.25) is 0 Å². The predicted molar refractivity (Wildman–Crippen MR) is 89.3 cm³/mol. The first-order chi connectivity index (χ1) is 10.2. The van der Waals surface area contributed by atoms with Gasteiger partial charge in [-0.1, -0.05) is 6.07 Å². The Bertz CT molecular complexity index is 390. The van der Waals surface area contributed by atoms with E-state index >= 15 is 0 Å². The Labute approximate surface area is 130 Å². The zero-order valence-electron chi connectivity index (χ0n) is 13.9. The number of nitrogens with one attached hydrogen (secondary N) is 1. The van der Waals surface area contributed by atoms with Crippen molar-refractivity contribution in [1.82, 2.24) is 0 Å². The molecule has 1 aromatic carbocycles. The fraction of sp³-hybridized carbons (Fsp3) is 0.684. The summed E-state index contributed by atoms with van der Waals surface area (Å²) in [6.45, 7) is 9.33. The maximum Gasteiger partial charge on any atom is 0.119 e. The van der Waals surface area contributed by atoms with Gasteiger partial charge in [-0.05, 0) is 82.1 Å². The molecular weight excluding hydrogens is 258 g/mol. The van der Waals surface area contributed by atoms with E-state index in [1.165, 1.54) is 75.7 Å². The van der Waals surface area contributed by atoms with Crippen molar-refractivity contribution in [1.29, 1.82) is 0 Å². The highest BCUT2D eigenvalue weighted by Crippen LogP contribution is 2.16. The Morgan fingerprint density at radius 1 is 0.857 bits per heavy atom. The molecule has 1 aromatic rings. The first-order valence-corrected chi connectivity index (χ1v) is 8.79. The third-order valence-electron chi connectivity index (χ3n) is 4.45. The quantitative estimate of drug-likeness (QED) is 0.725. The van der Waals surface area contributed by atoms with Crippen LogP contribution in [0.15, 0.2) is 18.2 Å². The summed E-state index contributed by atoms with van der Waals surface area (Å²) in [6.07, 6.45) is 9.58. The van der Waals surface area contributed by atoms with E-state index in [2.05, 4.69) is 32.0 Å². The van der Waals surface area contributed by atoms with Gasteiger partial charge in [0, 0.05) is 0 Å². The zero-order valence-corrected chi connectivity index (χ0v) is 13.9. The van der Waals surface area contributed by atoms with E-state index < -0.39 is 0 Å². The molecule has 0 amide bonds. The van der Waals surface area contributed by atoms with E-state index in [-0.39, 0.29) is 0 Å². The van der Waals surface area contributed by atoms with Crippen LogP contribution >= 0.6 is 0 Å². The third-order valence-corrected chi connectivity index (χ3v) is 4.45. The van der Waals surface area contributed by atoms with Gasteiger partial charge in [0.15, 0.2) is 0 Å². The van der Waals surface area contributed by atoms with Gasteiger partial charge in [-0.2, -0.15) is 0 Å². The predicted octanol–water partition coefficient (Wildman–Crippen LogP) is 3.31. The van der Waals surface area contributed by atoms with Gasteiger partial charge >= 0.3 is 0 Å². The molecule has 0 spiro atoms. The Hall–Kier alpha value is -1.02. The number of quaternary nitrogens is 1. The number of ether oxygens (including phenoxy) is 1. The molecular formula is C19H32NO+. The summed E-state index contributed by atoms with van der Waals surface area (Å²) in [6, 6.07) is 6.45. The molecule has 1 saturated heterocycles. The van der Waals surface area contributed by atoms with Crippen molar-refractivity contribution in [2.24, 2.45) is 0 Å². The second-order valence-corrected chi connectivity index (χ2v) is 6.65. The topological polar surface area (TPSA) is 13.7 Å². The van der Waals surface area contributed by atoms with E-state index in [9.17, 15) is 0 Å². The summed E-state index contributed by atoms with van der Waals surface area (Å²) in [5.41, 5.74) is 2.57. The van der Waals surface area contributed by atoms with Crippen LogP contribution in [0, 0.1) is 13.8 Å². The lowest BCUT2D eigenvalue weighted by molar-refractivity contribution is -0.905. The lowest BCUT2D eigenvalue weighted by Gasteiger charge is -2.23. The van der Waals surface area contributed by atoms with Crippen molar-refractivity contribution in [3.63, 3.8) is 0 Å². The van der Waals surface area contributed by atoms with Gasteiger partial charge in [0.1, 0.15) is 5.75 Å². The summed E-state index contributed by atoms with van der Waals surface area (Å²) in [5, 5.41) is 0. The monoisotopic (exact) mass is 290 g/mol. The van der Waals surface area contributed by atoms with Gasteiger partial charge in [-0.3, -0.25) is 0 Å². The van der Waals surface area contributed by atoms with Crippen molar-refractivity contribution in [3.05, 3.63) is 29.3 Å². The van der Waals surface area contributed by atoms with Crippen LogP contribution in [0.1, 0.15) is 56.1 Å². The highest BCUT2D eigenvalue weighted by Gasteiger charge is 2.12. The van der Waals surface area contributed by atoms with Gasteiger partial charge in [0.25, 0.3) is 0 Å². The molecule has 0 aliphatic carbocycles. The van der Waals surface area contributed by atoms with E-state index in [1.54, 1.807) is 0 Å². The average molecular weight is 290 g/mol. The number of hydrogen-bond acceptors (Lipinski definition) is 1. The number of hydrogen-bond donors (Lipinski definition) is 1. The van der Waals surface area contributed by atoms with Crippen LogP contribution in [0.3, 0.4) is 0 Å². The number of piperidine rings is 1. The molecule has 2 heteroatoms. The minimum absolute atomic E-state index is 0.861. The maximum absolute atomic E-state index is 5.86. The Balaban J connectivity index is 1.49. The Kier molecular flexibility index (Phi) is 7.08. The minimum Gasteiger partial charge on any atom is -0.494 e. The molecule has 1 aliphatic heterocycles. The lowest BCUT2D eigenvalue weighted by Crippen LogP contribution is -3.12. The van der Waals surface area contributed by atoms with E-state index in [0.29, 0.717) is 0 Å². The van der Waals surface area contributed by atoms with Crippen molar-refractivity contribution in [2.45, 2.75) is 58.8 Å². The standard InChI is InChI=1S/C19H31NO/c1-17-14-18(2)16-19(15-17)21-13-9-4-3-6-10-20-11-7-5-8-12-20/h14-16H,3-13H2,1-2H3/p+1. The molecule has 2 nitrogen and oxygen atoms in total. The number of likely N-dealkylation sites (tertiary alicyclic amines) is 1. The summed E-state index contributed by atoms with van der Waals surface area (Å²) >= 11 is 0. The van der Waals surface area contributed by atoms with E-state index in [1.807, 2.05) is 4.90 Å². The van der Waals surface area contributed by atoms with Gasteiger partial charge in [0.05, 0.1) is 26.2 Å². The molecule has 0 saturated carbocycles. The van der Waals surface area contributed by atoms with Crippen LogP contribution in [-0.4, -0.2) is 26.2 Å². The first-order valence-electron chi connectivity index (χ1n) is 8.79. The highest BCUT2D eigenvalue weighted by atomic mass is 16.5. The molecule has 1 heterocycles. The number of unbranched alkanes of at least 4 members (excludes halogenated alkanes) is 3. The van der Waals surface area contributed by atoms with Crippen molar-refractivity contribution in [2.75, 3.05) is 26.2 Å². The minimum atomic E-state index is 0.861. The molecule has 0 bridgehead atoms. The van der Waals surface area contributed by atoms with Gasteiger partial charge in [0.2, 0.25) is 0 Å². The highest BCUT2D eigenvalue weighted by molar-refractivity contribution is 5.32. The third kappa shape index (κ3) is 6.52. The molecule has 1 N–H and O–H groups in total. The van der Waals surface area contributed by atoms with Crippen LogP contribution in [0.4, 0.5) is 0 Å². The Morgan fingerprint density at radius 2 is 1.52 bits per heavy atom. The second kappa shape index (κ2) is 9.09. The number of aryl methyl sites for hydroxylation is 2. The van der Waals surface area contributed by atoms with Crippen molar-refractivity contribution < 1.29 is 9.64 Å². The maximum atomic E-state index is 5.86.